The van der Waals surface area contributed by atoms with Gasteiger partial charge in [0.1, 0.15) is 5.82 Å². The Kier molecular flexibility index (Phi) is 4.54. The quantitative estimate of drug-likeness (QED) is 0.595. The highest BCUT2D eigenvalue weighted by Gasteiger charge is 2.13. The largest absolute Gasteiger partial charge is 0.224 e. The van der Waals surface area contributed by atoms with Crippen LogP contribution in [0.4, 0.5) is 4.39 Å². The van der Waals surface area contributed by atoms with Gasteiger partial charge in [-0.1, -0.05) is 6.07 Å². The lowest BCUT2D eigenvalue weighted by atomic mass is 10.3. The van der Waals surface area contributed by atoms with Crippen LogP contribution in [0.1, 0.15) is 12.8 Å². The second-order valence-electron chi connectivity index (χ2n) is 3.17. The summed E-state index contributed by atoms with van der Waals surface area (Å²) in [5.41, 5.74) is 0. The number of benzene rings is 1. The zero-order valence-corrected chi connectivity index (χ0v) is 9.69. The van der Waals surface area contributed by atoms with Gasteiger partial charge in [-0.25, -0.2) is 12.8 Å². The Balaban J connectivity index is 2.77. The van der Waals surface area contributed by atoms with Crippen LogP contribution in [0.2, 0.25) is 0 Å². The molecule has 0 aromatic heterocycles. The number of rotatable bonds is 5. The first-order chi connectivity index (χ1) is 7.06. The maximum Gasteiger partial charge on any atom is 0.178 e. The number of hydrogen-bond donors (Lipinski definition) is 0. The molecule has 15 heavy (non-hydrogen) atoms. The van der Waals surface area contributed by atoms with Crippen molar-refractivity contribution in [3.63, 3.8) is 0 Å². The second-order valence-corrected chi connectivity index (χ2v) is 5.66. The number of alkyl halides is 1. The smallest absolute Gasteiger partial charge is 0.178 e. The van der Waals surface area contributed by atoms with E-state index in [0.29, 0.717) is 18.7 Å². The predicted octanol–water partition coefficient (Wildman–Crippen LogP) is 2.62. The van der Waals surface area contributed by atoms with Crippen LogP contribution in [0, 0.1) is 5.82 Å². The first-order valence-electron chi connectivity index (χ1n) is 4.60. The van der Waals surface area contributed by atoms with E-state index < -0.39 is 15.7 Å². The zero-order chi connectivity index (χ0) is 11.3. The van der Waals surface area contributed by atoms with Crippen molar-refractivity contribution in [3.8, 4) is 0 Å². The Morgan fingerprint density at radius 2 is 2.00 bits per heavy atom. The summed E-state index contributed by atoms with van der Waals surface area (Å²) in [4.78, 5) is 0.0390. The minimum Gasteiger partial charge on any atom is -0.224 e. The Morgan fingerprint density at radius 3 is 2.60 bits per heavy atom. The van der Waals surface area contributed by atoms with Gasteiger partial charge in [-0.05, 0) is 31.0 Å². The lowest BCUT2D eigenvalue weighted by Gasteiger charge is -2.03. The number of halogens is 2. The molecule has 0 aliphatic rings. The molecular weight excluding hydrogens is 239 g/mol. The van der Waals surface area contributed by atoms with Gasteiger partial charge in [0.05, 0.1) is 10.6 Å². The third kappa shape index (κ3) is 3.80. The topological polar surface area (TPSA) is 34.1 Å². The molecular formula is C10H12ClFO2S. The van der Waals surface area contributed by atoms with Crippen LogP contribution in [-0.2, 0) is 9.84 Å². The summed E-state index contributed by atoms with van der Waals surface area (Å²) in [6, 6.07) is 5.05. The van der Waals surface area contributed by atoms with Gasteiger partial charge < -0.3 is 0 Å². The average molecular weight is 251 g/mol. The van der Waals surface area contributed by atoms with E-state index in [-0.39, 0.29) is 10.6 Å². The molecule has 0 heterocycles. The van der Waals surface area contributed by atoms with Gasteiger partial charge in [0, 0.05) is 5.88 Å². The van der Waals surface area contributed by atoms with Crippen molar-refractivity contribution >= 4 is 21.4 Å². The lowest BCUT2D eigenvalue weighted by molar-refractivity contribution is 0.588. The molecule has 1 aromatic rings. The van der Waals surface area contributed by atoms with Gasteiger partial charge in [-0.3, -0.25) is 0 Å². The molecule has 0 spiro atoms. The van der Waals surface area contributed by atoms with Crippen LogP contribution < -0.4 is 0 Å². The standard InChI is InChI=1S/C10H12ClFO2S/c11-6-1-2-7-15(13,14)10-5-3-4-9(12)8-10/h3-5,8H,1-2,6-7H2. The molecule has 0 saturated carbocycles. The van der Waals surface area contributed by atoms with E-state index in [1.807, 2.05) is 0 Å². The summed E-state index contributed by atoms with van der Waals surface area (Å²) in [7, 11) is -3.35. The van der Waals surface area contributed by atoms with Crippen LogP contribution in [-0.4, -0.2) is 20.1 Å². The fourth-order valence-electron chi connectivity index (χ4n) is 1.16. The van der Waals surface area contributed by atoms with Gasteiger partial charge >= 0.3 is 0 Å². The summed E-state index contributed by atoms with van der Waals surface area (Å²) in [5.74, 6) is -0.0737. The summed E-state index contributed by atoms with van der Waals surface area (Å²) >= 11 is 5.45. The summed E-state index contributed by atoms with van der Waals surface area (Å²) in [5, 5.41) is 0. The van der Waals surface area contributed by atoms with Crippen LogP contribution in [0.5, 0.6) is 0 Å². The molecule has 1 rings (SSSR count). The van der Waals surface area contributed by atoms with Gasteiger partial charge in [-0.2, -0.15) is 0 Å². The highest BCUT2D eigenvalue weighted by Crippen LogP contribution is 2.14. The molecule has 0 amide bonds. The summed E-state index contributed by atoms with van der Waals surface area (Å²) < 4.78 is 36.1. The van der Waals surface area contributed by atoms with Crippen molar-refractivity contribution in [1.82, 2.24) is 0 Å². The average Bonchev–Trinajstić information content (AvgIpc) is 2.18. The van der Waals surface area contributed by atoms with E-state index in [9.17, 15) is 12.8 Å². The van der Waals surface area contributed by atoms with Gasteiger partial charge in [0.15, 0.2) is 9.84 Å². The van der Waals surface area contributed by atoms with Crippen LogP contribution >= 0.6 is 11.6 Å². The maximum absolute atomic E-state index is 12.8. The highest BCUT2D eigenvalue weighted by atomic mass is 35.5. The van der Waals surface area contributed by atoms with Crippen molar-refractivity contribution in [2.75, 3.05) is 11.6 Å². The summed E-state index contributed by atoms with van der Waals surface area (Å²) in [6.45, 7) is 0. The first-order valence-corrected chi connectivity index (χ1v) is 6.79. The Morgan fingerprint density at radius 1 is 1.27 bits per heavy atom. The fourth-order valence-corrected chi connectivity index (χ4v) is 2.75. The fraction of sp³-hybridized carbons (Fsp3) is 0.400. The third-order valence-electron chi connectivity index (χ3n) is 1.95. The Labute approximate surface area is 94.0 Å². The molecule has 0 saturated heterocycles. The van der Waals surface area contributed by atoms with Crippen LogP contribution in [0.15, 0.2) is 29.2 Å². The Hall–Kier alpha value is -0.610. The SMILES string of the molecule is O=S(=O)(CCCCCl)c1cccc(F)c1. The van der Waals surface area contributed by atoms with Crippen molar-refractivity contribution < 1.29 is 12.8 Å². The molecule has 84 valence electrons. The van der Waals surface area contributed by atoms with E-state index in [2.05, 4.69) is 0 Å². The number of sulfone groups is 1. The molecule has 0 aliphatic heterocycles. The molecule has 0 aliphatic carbocycles. The molecule has 0 bridgehead atoms. The van der Waals surface area contributed by atoms with E-state index in [4.69, 9.17) is 11.6 Å². The molecule has 0 atom stereocenters. The highest BCUT2D eigenvalue weighted by molar-refractivity contribution is 7.91. The third-order valence-corrected chi connectivity index (χ3v) is 4.02. The van der Waals surface area contributed by atoms with Crippen molar-refractivity contribution in [2.24, 2.45) is 0 Å². The van der Waals surface area contributed by atoms with Crippen molar-refractivity contribution in [2.45, 2.75) is 17.7 Å². The summed E-state index contributed by atoms with van der Waals surface area (Å²) in [6.07, 6.45) is 1.15. The van der Waals surface area contributed by atoms with Gasteiger partial charge in [0.25, 0.3) is 0 Å². The van der Waals surface area contributed by atoms with Crippen LogP contribution in [0.25, 0.3) is 0 Å². The van der Waals surface area contributed by atoms with Gasteiger partial charge in [-0.15, -0.1) is 11.6 Å². The van der Waals surface area contributed by atoms with Crippen LogP contribution in [0.3, 0.4) is 0 Å². The van der Waals surface area contributed by atoms with Crippen molar-refractivity contribution in [3.05, 3.63) is 30.1 Å². The van der Waals surface area contributed by atoms with E-state index >= 15 is 0 Å². The maximum atomic E-state index is 12.8. The number of unbranched alkanes of at least 4 members (excludes halogenated alkanes) is 1. The lowest BCUT2D eigenvalue weighted by Crippen LogP contribution is -2.07. The molecule has 2 nitrogen and oxygen atoms in total. The molecule has 0 unspecified atom stereocenters. The van der Waals surface area contributed by atoms with E-state index in [1.165, 1.54) is 18.2 Å². The minimum atomic E-state index is -3.35. The van der Waals surface area contributed by atoms with E-state index in [0.717, 1.165) is 6.07 Å². The molecule has 5 heteroatoms. The van der Waals surface area contributed by atoms with Crippen molar-refractivity contribution in [1.29, 1.82) is 0 Å². The second kappa shape index (κ2) is 5.47. The first kappa shape index (κ1) is 12.5. The molecule has 0 N–H and O–H groups in total. The molecule has 1 aromatic carbocycles. The van der Waals surface area contributed by atoms with E-state index in [1.54, 1.807) is 0 Å². The normalized spacial score (nSPS) is 11.6. The minimum absolute atomic E-state index is 0.0170. The molecule has 0 radical (unpaired) electrons. The number of hydrogen-bond acceptors (Lipinski definition) is 2. The zero-order valence-electron chi connectivity index (χ0n) is 8.12. The monoisotopic (exact) mass is 250 g/mol. The Bertz CT molecular complexity index is 417. The predicted molar refractivity (Wildman–Crippen MR) is 58.4 cm³/mol. The molecule has 0 fully saturated rings. The van der Waals surface area contributed by atoms with Gasteiger partial charge in [0.2, 0.25) is 0 Å².